The van der Waals surface area contributed by atoms with Crippen LogP contribution in [0.4, 0.5) is 0 Å². The Morgan fingerprint density at radius 2 is 1.49 bits per heavy atom. The molecule has 2 heterocycles. The van der Waals surface area contributed by atoms with Crippen LogP contribution in [0.2, 0.25) is 0 Å². The molecule has 0 saturated heterocycles. The van der Waals surface area contributed by atoms with E-state index < -0.39 is 35.9 Å². The van der Waals surface area contributed by atoms with Gasteiger partial charge in [0.2, 0.25) is 5.78 Å². The second kappa shape index (κ2) is 11.7. The third-order valence-corrected chi connectivity index (χ3v) is 6.00. The molecule has 3 aromatic carbocycles. The number of Topliss-reactive ketones (excluding diaryl/α,β-unsaturated/α-hetero) is 1. The van der Waals surface area contributed by atoms with Gasteiger partial charge in [-0.2, -0.15) is 0 Å². The predicted octanol–water partition coefficient (Wildman–Crippen LogP) is 1.07. The van der Waals surface area contributed by atoms with Crippen molar-refractivity contribution in [1.29, 1.82) is 0 Å². The molecule has 5 N–H and O–H groups in total. The molecular weight excluding hydrogens is 506 g/mol. The Bertz CT molecular complexity index is 1310. The zero-order valence-corrected chi connectivity index (χ0v) is 18.4. The molecule has 0 radical (unpaired) electrons. The number of aliphatic hydroxyl groups excluding tert-OH is 2. The van der Waals surface area contributed by atoms with Crippen LogP contribution in [0.3, 0.4) is 0 Å². The number of benzene rings is 3. The number of aliphatic hydroxyl groups is 2. The Kier molecular flexibility index (Phi) is 9.31. The van der Waals surface area contributed by atoms with Crippen molar-refractivity contribution in [2.75, 3.05) is 13.7 Å². The molecule has 12 heteroatoms. The van der Waals surface area contributed by atoms with Gasteiger partial charge in [0.15, 0.2) is 47.4 Å². The van der Waals surface area contributed by atoms with Gasteiger partial charge >= 0.3 is 59.1 Å². The number of ether oxygens (including phenoxy) is 4. The normalized spacial score (nSPS) is 21.5. The molecule has 4 atom stereocenters. The number of carbonyl (C=O) groups is 1. The number of hydrogen-bond donors (Lipinski definition) is 5. The van der Waals surface area contributed by atoms with E-state index in [2.05, 4.69) is 0 Å². The molecule has 0 aliphatic carbocycles. The van der Waals surface area contributed by atoms with Gasteiger partial charge in [-0.1, -0.05) is 12.1 Å². The van der Waals surface area contributed by atoms with Crippen molar-refractivity contribution in [3.63, 3.8) is 0 Å². The number of carbonyl (C=O) groups excluding carboxylic acids is 1. The summed E-state index contributed by atoms with van der Waals surface area (Å²) in [6, 6.07) is 11.5. The first-order valence-electron chi connectivity index (χ1n) is 10.7. The quantitative estimate of drug-likeness (QED) is 0.309. The Balaban J connectivity index is 0.00000190. The minimum atomic E-state index is -1.62. The SMILES string of the molecule is COc1cc([C@H]2Oc3cc([C@H]4Oc5cc(O)cc(O)c5C(=O)[C@@H]4O)ccc3O[C@@H]2CO)ccc1O.[NaH].[NaH]. The molecule has 0 spiro atoms. The summed E-state index contributed by atoms with van der Waals surface area (Å²) in [7, 11) is 1.41. The number of ketones is 1. The molecule has 0 saturated carbocycles. The van der Waals surface area contributed by atoms with Crippen LogP contribution >= 0.6 is 0 Å². The number of phenolic OH excluding ortho intramolecular Hbond substituents is 3. The topological polar surface area (TPSA) is 155 Å². The van der Waals surface area contributed by atoms with Crippen LogP contribution in [0, 0.1) is 0 Å². The summed E-state index contributed by atoms with van der Waals surface area (Å²) < 4.78 is 23.0. The van der Waals surface area contributed by atoms with Crippen LogP contribution in [0.5, 0.6) is 40.2 Å². The Morgan fingerprint density at radius 1 is 0.811 bits per heavy atom. The van der Waals surface area contributed by atoms with Gasteiger partial charge in [0, 0.05) is 17.7 Å². The molecule has 0 unspecified atom stereocenters. The Morgan fingerprint density at radius 3 is 2.19 bits per heavy atom. The first-order chi connectivity index (χ1) is 16.8. The fraction of sp³-hybridized carbons (Fsp3) is 0.240. The van der Waals surface area contributed by atoms with Gasteiger partial charge in [0.05, 0.1) is 13.7 Å². The van der Waals surface area contributed by atoms with Gasteiger partial charge in [-0.3, -0.25) is 4.79 Å². The van der Waals surface area contributed by atoms with E-state index in [1.54, 1.807) is 30.3 Å². The Hall–Kier alpha value is -2.15. The van der Waals surface area contributed by atoms with Crippen LogP contribution in [0.25, 0.3) is 0 Å². The molecule has 2 aliphatic rings. The predicted molar refractivity (Wildman–Crippen MR) is 134 cm³/mol. The summed E-state index contributed by atoms with van der Waals surface area (Å²) in [5.41, 5.74) is 0.751. The molecule has 2 aliphatic heterocycles. The number of methoxy groups -OCH3 is 1. The number of rotatable bonds is 4. The minimum absolute atomic E-state index is 0. The third kappa shape index (κ3) is 5.39. The average molecular weight is 530 g/mol. The summed E-state index contributed by atoms with van der Waals surface area (Å²) in [4.78, 5) is 12.7. The van der Waals surface area contributed by atoms with Crippen molar-refractivity contribution >= 4 is 64.9 Å². The fourth-order valence-corrected chi connectivity index (χ4v) is 4.28. The summed E-state index contributed by atoms with van der Waals surface area (Å²) in [5.74, 6) is -0.823. The van der Waals surface area contributed by atoms with Crippen molar-refractivity contribution < 1.29 is 49.3 Å². The van der Waals surface area contributed by atoms with Gasteiger partial charge in [-0.25, -0.2) is 0 Å². The first-order valence-corrected chi connectivity index (χ1v) is 10.7. The zero-order valence-electron chi connectivity index (χ0n) is 18.4. The second-order valence-electron chi connectivity index (χ2n) is 8.20. The van der Waals surface area contributed by atoms with Crippen LogP contribution < -0.4 is 18.9 Å². The van der Waals surface area contributed by atoms with Gasteiger partial charge in [-0.15, -0.1) is 0 Å². The van der Waals surface area contributed by atoms with Crippen LogP contribution in [0.15, 0.2) is 48.5 Å². The van der Waals surface area contributed by atoms with Crippen LogP contribution in [-0.4, -0.2) is 116 Å². The van der Waals surface area contributed by atoms with Crippen molar-refractivity contribution in [3.8, 4) is 40.2 Å². The molecule has 0 aromatic heterocycles. The van der Waals surface area contributed by atoms with E-state index >= 15 is 0 Å². The van der Waals surface area contributed by atoms with E-state index in [0.717, 1.165) is 6.07 Å². The van der Waals surface area contributed by atoms with E-state index in [0.29, 0.717) is 16.9 Å². The molecule has 3 aromatic rings. The van der Waals surface area contributed by atoms with E-state index in [4.69, 9.17) is 18.9 Å². The molecular formula is C25H24Na2O10. The van der Waals surface area contributed by atoms with Crippen molar-refractivity contribution in [1.82, 2.24) is 0 Å². The van der Waals surface area contributed by atoms with E-state index in [1.807, 2.05) is 0 Å². The van der Waals surface area contributed by atoms with Crippen molar-refractivity contribution in [3.05, 3.63) is 65.2 Å². The van der Waals surface area contributed by atoms with Gasteiger partial charge in [0.25, 0.3) is 0 Å². The molecule has 0 amide bonds. The summed E-state index contributed by atoms with van der Waals surface area (Å²) in [5, 5.41) is 50.2. The summed E-state index contributed by atoms with van der Waals surface area (Å²) >= 11 is 0. The van der Waals surface area contributed by atoms with E-state index in [-0.39, 0.29) is 100 Å². The van der Waals surface area contributed by atoms with Gasteiger partial charge in [0.1, 0.15) is 22.8 Å². The average Bonchev–Trinajstić information content (AvgIpc) is 2.85. The van der Waals surface area contributed by atoms with Crippen LogP contribution in [0.1, 0.15) is 33.7 Å². The maximum atomic E-state index is 12.7. The standard InChI is InChI=1S/C25H22O10.2Na.2H/c1-32-17-6-11(2-4-14(17)28)24-20(10-26)33-16-5-3-12(7-18(16)34-24)25-23(31)22(30)21-15(29)8-13(27)9-19(21)35-25;;;;/h2-9,20,23-29,31H,10H2,1H3;;;;/t20-,23+,24-,25-;;;;/m1..../s1. The van der Waals surface area contributed by atoms with Crippen LogP contribution in [-0.2, 0) is 0 Å². The van der Waals surface area contributed by atoms with E-state index in [1.165, 1.54) is 19.2 Å². The second-order valence-corrected chi connectivity index (χ2v) is 8.20. The van der Waals surface area contributed by atoms with Crippen molar-refractivity contribution in [2.24, 2.45) is 0 Å². The number of phenols is 3. The van der Waals surface area contributed by atoms with E-state index in [9.17, 15) is 30.3 Å². The molecule has 0 bridgehead atoms. The zero-order chi connectivity index (χ0) is 24.9. The fourth-order valence-electron chi connectivity index (χ4n) is 4.28. The summed E-state index contributed by atoms with van der Waals surface area (Å²) in [6.45, 7) is -0.349. The van der Waals surface area contributed by atoms with Crippen molar-refractivity contribution in [2.45, 2.75) is 24.4 Å². The molecule has 186 valence electrons. The summed E-state index contributed by atoms with van der Waals surface area (Å²) in [6.07, 6.45) is -4.28. The molecule has 37 heavy (non-hydrogen) atoms. The van der Waals surface area contributed by atoms with Gasteiger partial charge < -0.3 is 44.5 Å². The monoisotopic (exact) mass is 530 g/mol. The molecule has 10 nitrogen and oxygen atoms in total. The number of hydrogen-bond acceptors (Lipinski definition) is 10. The Labute approximate surface area is 256 Å². The molecule has 5 rings (SSSR count). The van der Waals surface area contributed by atoms with Gasteiger partial charge in [-0.05, 0) is 29.8 Å². The third-order valence-electron chi connectivity index (χ3n) is 6.00. The first kappa shape index (κ1) is 29.4. The number of aromatic hydroxyl groups is 3. The molecule has 0 fully saturated rings. The number of fused-ring (bicyclic) bond motifs is 2. The maximum absolute atomic E-state index is 12.7.